The summed E-state index contributed by atoms with van der Waals surface area (Å²) >= 11 is 3.65. The molecule has 0 aliphatic carbocycles. The summed E-state index contributed by atoms with van der Waals surface area (Å²) in [5.41, 5.74) is 5.93. The Balaban J connectivity index is 2.99. The number of amides is 2. The number of halogens is 1. The maximum absolute atomic E-state index is 12.1. The first-order chi connectivity index (χ1) is 8.47. The quantitative estimate of drug-likeness (QED) is 0.769. The maximum Gasteiger partial charge on any atom is 0.252 e. The molecule has 1 atom stereocenters. The van der Waals surface area contributed by atoms with Gasteiger partial charge in [0.25, 0.3) is 11.8 Å². The van der Waals surface area contributed by atoms with Gasteiger partial charge in [-0.05, 0) is 47.9 Å². The molecule has 98 valence electrons. The van der Waals surface area contributed by atoms with E-state index >= 15 is 0 Å². The van der Waals surface area contributed by atoms with Gasteiger partial charge in [-0.15, -0.1) is 0 Å². The summed E-state index contributed by atoms with van der Waals surface area (Å²) in [6, 6.07) is 5.15. The van der Waals surface area contributed by atoms with E-state index in [1.165, 1.54) is 0 Å². The van der Waals surface area contributed by atoms with Crippen LogP contribution in [0.5, 0.6) is 0 Å². The predicted molar refractivity (Wildman–Crippen MR) is 83.0 cm³/mol. The SMILES string of the molecule is CSCC(C)NC(=O)c1cccc(I)c1C(N)=O. The molecular weight excluding hydrogens is 363 g/mol. The Bertz CT molecular complexity index is 465. The number of hydrogen-bond donors (Lipinski definition) is 2. The van der Waals surface area contributed by atoms with Gasteiger partial charge in [-0.1, -0.05) is 6.07 Å². The summed E-state index contributed by atoms with van der Waals surface area (Å²) in [6.45, 7) is 1.92. The Kier molecular flexibility index (Phi) is 5.94. The minimum Gasteiger partial charge on any atom is -0.366 e. The van der Waals surface area contributed by atoms with Gasteiger partial charge in [0.2, 0.25) is 0 Å². The molecule has 0 heterocycles. The molecule has 1 aromatic carbocycles. The standard InChI is InChI=1S/C12H15IN2O2S/c1-7(6-18-2)15-12(17)8-4-3-5-9(13)10(8)11(14)16/h3-5,7H,6H2,1-2H3,(H2,14,16)(H,15,17). The third kappa shape index (κ3) is 3.88. The monoisotopic (exact) mass is 378 g/mol. The van der Waals surface area contributed by atoms with Gasteiger partial charge in [-0.2, -0.15) is 11.8 Å². The Morgan fingerprint density at radius 2 is 2.17 bits per heavy atom. The van der Waals surface area contributed by atoms with Crippen LogP contribution in [0.4, 0.5) is 0 Å². The topological polar surface area (TPSA) is 72.2 Å². The van der Waals surface area contributed by atoms with Gasteiger partial charge in [-0.25, -0.2) is 0 Å². The van der Waals surface area contributed by atoms with Crippen LogP contribution in [0.25, 0.3) is 0 Å². The van der Waals surface area contributed by atoms with E-state index in [1.807, 2.05) is 35.8 Å². The van der Waals surface area contributed by atoms with Crippen molar-refractivity contribution < 1.29 is 9.59 Å². The molecule has 0 aliphatic heterocycles. The lowest BCUT2D eigenvalue weighted by atomic mass is 10.1. The molecule has 2 amide bonds. The van der Waals surface area contributed by atoms with Crippen molar-refractivity contribution in [2.45, 2.75) is 13.0 Å². The highest BCUT2D eigenvalue weighted by Crippen LogP contribution is 2.16. The van der Waals surface area contributed by atoms with E-state index in [9.17, 15) is 9.59 Å². The minimum absolute atomic E-state index is 0.0473. The molecule has 3 N–H and O–H groups in total. The summed E-state index contributed by atoms with van der Waals surface area (Å²) in [7, 11) is 0. The van der Waals surface area contributed by atoms with E-state index < -0.39 is 5.91 Å². The third-order valence-corrected chi connectivity index (χ3v) is 4.03. The third-order valence-electron chi connectivity index (χ3n) is 2.30. The van der Waals surface area contributed by atoms with Crippen molar-refractivity contribution in [2.24, 2.45) is 5.73 Å². The molecule has 0 saturated heterocycles. The van der Waals surface area contributed by atoms with E-state index in [1.54, 1.807) is 30.0 Å². The molecule has 6 heteroatoms. The maximum atomic E-state index is 12.1. The number of thioether (sulfide) groups is 1. The van der Waals surface area contributed by atoms with Crippen molar-refractivity contribution in [1.29, 1.82) is 0 Å². The Morgan fingerprint density at radius 3 is 2.72 bits per heavy atom. The van der Waals surface area contributed by atoms with Crippen LogP contribution in [-0.4, -0.2) is 29.9 Å². The average Bonchev–Trinajstić information content (AvgIpc) is 2.28. The van der Waals surface area contributed by atoms with Gasteiger partial charge >= 0.3 is 0 Å². The lowest BCUT2D eigenvalue weighted by Gasteiger charge is -2.14. The lowest BCUT2D eigenvalue weighted by Crippen LogP contribution is -2.35. The molecule has 0 saturated carbocycles. The molecule has 0 bridgehead atoms. The van der Waals surface area contributed by atoms with Crippen LogP contribution >= 0.6 is 34.4 Å². The van der Waals surface area contributed by atoms with Crippen molar-refractivity contribution >= 4 is 46.2 Å². The Hall–Kier alpha value is -0.760. The van der Waals surface area contributed by atoms with Crippen LogP contribution < -0.4 is 11.1 Å². The molecule has 0 aliphatic rings. The minimum atomic E-state index is -0.581. The number of carbonyl (C=O) groups excluding carboxylic acids is 2. The van der Waals surface area contributed by atoms with Crippen LogP contribution in [0, 0.1) is 3.57 Å². The summed E-state index contributed by atoms with van der Waals surface area (Å²) in [5.74, 6) is -0.0202. The lowest BCUT2D eigenvalue weighted by molar-refractivity contribution is 0.0927. The van der Waals surface area contributed by atoms with Gasteiger partial charge in [0.1, 0.15) is 0 Å². The Morgan fingerprint density at radius 1 is 1.50 bits per heavy atom. The van der Waals surface area contributed by atoms with Gasteiger partial charge in [0.15, 0.2) is 0 Å². The van der Waals surface area contributed by atoms with E-state index in [0.717, 1.165) is 5.75 Å². The van der Waals surface area contributed by atoms with Gasteiger partial charge in [-0.3, -0.25) is 9.59 Å². The summed E-state index contributed by atoms with van der Waals surface area (Å²) in [5, 5.41) is 2.85. The number of nitrogens with one attached hydrogen (secondary N) is 1. The van der Waals surface area contributed by atoms with Crippen LogP contribution in [0.15, 0.2) is 18.2 Å². The molecule has 0 aromatic heterocycles. The normalized spacial score (nSPS) is 11.9. The molecule has 1 rings (SSSR count). The van der Waals surface area contributed by atoms with Crippen molar-refractivity contribution in [3.05, 3.63) is 32.9 Å². The van der Waals surface area contributed by atoms with Crippen molar-refractivity contribution in [3.8, 4) is 0 Å². The van der Waals surface area contributed by atoms with Gasteiger partial charge in [0.05, 0.1) is 11.1 Å². The average molecular weight is 378 g/mol. The first kappa shape index (κ1) is 15.3. The van der Waals surface area contributed by atoms with E-state index in [4.69, 9.17) is 5.73 Å². The zero-order valence-electron chi connectivity index (χ0n) is 10.2. The number of nitrogens with two attached hydrogens (primary N) is 1. The fourth-order valence-electron chi connectivity index (χ4n) is 1.56. The van der Waals surface area contributed by atoms with E-state index in [-0.39, 0.29) is 17.5 Å². The molecular formula is C12H15IN2O2S. The zero-order valence-corrected chi connectivity index (χ0v) is 13.2. The molecule has 0 spiro atoms. The second kappa shape index (κ2) is 6.98. The number of primary amides is 1. The van der Waals surface area contributed by atoms with Crippen LogP contribution in [0.3, 0.4) is 0 Å². The van der Waals surface area contributed by atoms with Gasteiger partial charge in [0, 0.05) is 15.4 Å². The highest BCUT2D eigenvalue weighted by molar-refractivity contribution is 14.1. The summed E-state index contributed by atoms with van der Waals surface area (Å²) < 4.78 is 0.685. The number of hydrogen-bond acceptors (Lipinski definition) is 3. The second-order valence-corrected chi connectivity index (χ2v) is 5.93. The second-order valence-electron chi connectivity index (χ2n) is 3.86. The van der Waals surface area contributed by atoms with Crippen molar-refractivity contribution in [1.82, 2.24) is 5.32 Å². The Labute approximate surface area is 124 Å². The summed E-state index contributed by atoms with van der Waals surface area (Å²) in [6.07, 6.45) is 1.98. The first-order valence-corrected chi connectivity index (χ1v) is 7.82. The van der Waals surface area contributed by atoms with E-state index in [2.05, 4.69) is 5.32 Å². The van der Waals surface area contributed by atoms with Crippen LogP contribution in [0.1, 0.15) is 27.6 Å². The highest BCUT2D eigenvalue weighted by atomic mass is 127. The van der Waals surface area contributed by atoms with Crippen LogP contribution in [0.2, 0.25) is 0 Å². The number of rotatable bonds is 5. The fraction of sp³-hybridized carbons (Fsp3) is 0.333. The fourth-order valence-corrected chi connectivity index (χ4v) is 2.90. The van der Waals surface area contributed by atoms with Crippen molar-refractivity contribution in [2.75, 3.05) is 12.0 Å². The molecule has 1 aromatic rings. The smallest absolute Gasteiger partial charge is 0.252 e. The molecule has 0 radical (unpaired) electrons. The van der Waals surface area contributed by atoms with Crippen molar-refractivity contribution in [3.63, 3.8) is 0 Å². The highest BCUT2D eigenvalue weighted by Gasteiger charge is 2.18. The summed E-state index contributed by atoms with van der Waals surface area (Å²) in [4.78, 5) is 23.5. The van der Waals surface area contributed by atoms with Crippen LogP contribution in [-0.2, 0) is 0 Å². The predicted octanol–water partition coefficient (Wildman–Crippen LogP) is 1.87. The largest absolute Gasteiger partial charge is 0.366 e. The molecule has 1 unspecified atom stereocenters. The van der Waals surface area contributed by atoms with Gasteiger partial charge < -0.3 is 11.1 Å². The zero-order chi connectivity index (χ0) is 13.7. The molecule has 4 nitrogen and oxygen atoms in total. The van der Waals surface area contributed by atoms with E-state index in [0.29, 0.717) is 9.13 Å². The number of carbonyl (C=O) groups is 2. The number of benzene rings is 1. The molecule has 18 heavy (non-hydrogen) atoms. The first-order valence-electron chi connectivity index (χ1n) is 5.35. The molecule has 0 fully saturated rings.